The molecule has 3 N–H and O–H groups in total. The molecule has 1 unspecified atom stereocenters. The van der Waals surface area contributed by atoms with Crippen LogP contribution in [0, 0.1) is 6.92 Å². The Morgan fingerprint density at radius 1 is 1.50 bits per heavy atom. The van der Waals surface area contributed by atoms with Gasteiger partial charge in [-0.15, -0.1) is 0 Å². The summed E-state index contributed by atoms with van der Waals surface area (Å²) in [7, 11) is 1.51. The maximum absolute atomic E-state index is 12.0. The third-order valence-corrected chi connectivity index (χ3v) is 2.66. The average Bonchev–Trinajstić information content (AvgIpc) is 2.37. The van der Waals surface area contributed by atoms with Crippen molar-refractivity contribution in [2.45, 2.75) is 19.4 Å². The first kappa shape index (κ1) is 14.5. The molecule has 0 heterocycles. The monoisotopic (exact) mass is 253 g/mol. The van der Waals surface area contributed by atoms with E-state index in [9.17, 15) is 9.90 Å². The molecule has 1 rings (SSSR count). The predicted molar refractivity (Wildman–Crippen MR) is 67.8 cm³/mol. The molecule has 100 valence electrons. The van der Waals surface area contributed by atoms with Crippen molar-refractivity contribution in [1.82, 2.24) is 5.32 Å². The highest BCUT2D eigenvalue weighted by molar-refractivity contribution is 5.98. The van der Waals surface area contributed by atoms with E-state index in [0.717, 1.165) is 5.56 Å². The highest BCUT2D eigenvalue weighted by atomic mass is 16.5. The lowest BCUT2D eigenvalue weighted by Crippen LogP contribution is -2.29. The van der Waals surface area contributed by atoms with Gasteiger partial charge in [-0.05, 0) is 25.0 Å². The summed E-state index contributed by atoms with van der Waals surface area (Å²) in [5.41, 5.74) is 1.33. The smallest absolute Gasteiger partial charge is 0.255 e. The molecule has 0 aliphatic rings. The number of carbonyl (C=O) groups is 1. The molecular weight excluding hydrogens is 234 g/mol. The first-order chi connectivity index (χ1) is 8.60. The van der Waals surface area contributed by atoms with Gasteiger partial charge in [-0.25, -0.2) is 0 Å². The fraction of sp³-hybridized carbons (Fsp3) is 0.462. The minimum atomic E-state index is -0.802. The molecule has 0 saturated carbocycles. The second-order valence-corrected chi connectivity index (χ2v) is 4.03. The Labute approximate surface area is 106 Å². The lowest BCUT2D eigenvalue weighted by Gasteiger charge is -2.12. The average molecular weight is 253 g/mol. The number of benzene rings is 1. The molecule has 18 heavy (non-hydrogen) atoms. The zero-order valence-corrected chi connectivity index (χ0v) is 10.6. The molecule has 0 bridgehead atoms. The van der Waals surface area contributed by atoms with Gasteiger partial charge in [-0.3, -0.25) is 4.79 Å². The van der Waals surface area contributed by atoms with Crippen LogP contribution in [0.25, 0.3) is 0 Å². The van der Waals surface area contributed by atoms with Crippen molar-refractivity contribution in [3.63, 3.8) is 0 Å². The number of aliphatic hydroxyl groups is 2. The Hall–Kier alpha value is -1.59. The second kappa shape index (κ2) is 6.98. The van der Waals surface area contributed by atoms with Crippen molar-refractivity contribution in [1.29, 1.82) is 0 Å². The van der Waals surface area contributed by atoms with E-state index < -0.39 is 6.10 Å². The summed E-state index contributed by atoms with van der Waals surface area (Å²) in [6.45, 7) is 1.83. The zero-order valence-electron chi connectivity index (χ0n) is 10.6. The summed E-state index contributed by atoms with van der Waals surface area (Å²) >= 11 is 0. The molecule has 1 atom stereocenters. The highest BCUT2D eigenvalue weighted by Gasteiger charge is 2.14. The second-order valence-electron chi connectivity index (χ2n) is 4.03. The zero-order chi connectivity index (χ0) is 13.5. The van der Waals surface area contributed by atoms with E-state index in [-0.39, 0.29) is 12.5 Å². The van der Waals surface area contributed by atoms with E-state index in [4.69, 9.17) is 9.84 Å². The van der Waals surface area contributed by atoms with Crippen molar-refractivity contribution in [2.24, 2.45) is 0 Å². The Morgan fingerprint density at radius 2 is 2.22 bits per heavy atom. The van der Waals surface area contributed by atoms with Gasteiger partial charge in [-0.2, -0.15) is 0 Å². The number of hydrogen-bond donors (Lipinski definition) is 3. The van der Waals surface area contributed by atoms with Crippen LogP contribution in [-0.2, 0) is 0 Å². The Morgan fingerprint density at radius 3 is 2.83 bits per heavy atom. The number of aliphatic hydroxyl groups excluding tert-OH is 2. The van der Waals surface area contributed by atoms with Crippen LogP contribution >= 0.6 is 0 Å². The van der Waals surface area contributed by atoms with Gasteiger partial charge in [0, 0.05) is 6.54 Å². The summed E-state index contributed by atoms with van der Waals surface area (Å²) in [4.78, 5) is 12.0. The van der Waals surface area contributed by atoms with Crippen molar-refractivity contribution in [3.8, 4) is 5.75 Å². The fourth-order valence-electron chi connectivity index (χ4n) is 1.63. The van der Waals surface area contributed by atoms with Gasteiger partial charge in [-0.1, -0.05) is 12.1 Å². The predicted octanol–water partition coefficient (Wildman–Crippen LogP) is 0.477. The van der Waals surface area contributed by atoms with Crippen molar-refractivity contribution < 1.29 is 19.7 Å². The molecule has 0 aromatic heterocycles. The van der Waals surface area contributed by atoms with Gasteiger partial charge in [0.05, 0.1) is 25.4 Å². The number of carbonyl (C=O) groups excluding carboxylic acids is 1. The maximum atomic E-state index is 12.0. The molecular formula is C13H19NO4. The maximum Gasteiger partial charge on any atom is 0.255 e. The van der Waals surface area contributed by atoms with E-state index in [1.165, 1.54) is 7.11 Å². The molecule has 1 aromatic rings. The van der Waals surface area contributed by atoms with E-state index >= 15 is 0 Å². The molecule has 5 heteroatoms. The van der Waals surface area contributed by atoms with Crippen LogP contribution in [-0.4, -0.2) is 42.5 Å². The molecule has 0 aliphatic carbocycles. The number of methoxy groups -OCH3 is 1. The van der Waals surface area contributed by atoms with Crippen LogP contribution in [0.5, 0.6) is 5.75 Å². The van der Waals surface area contributed by atoms with Gasteiger partial charge in [0.25, 0.3) is 5.91 Å². The van der Waals surface area contributed by atoms with E-state index in [1.54, 1.807) is 6.07 Å². The molecule has 0 fully saturated rings. The SMILES string of the molecule is COc1cccc(C)c1C(=O)NCCC(O)CO. The lowest BCUT2D eigenvalue weighted by molar-refractivity contribution is 0.0833. The van der Waals surface area contributed by atoms with Gasteiger partial charge < -0.3 is 20.3 Å². The Balaban J connectivity index is 2.67. The van der Waals surface area contributed by atoms with Gasteiger partial charge >= 0.3 is 0 Å². The quantitative estimate of drug-likeness (QED) is 0.689. The fourth-order valence-corrected chi connectivity index (χ4v) is 1.63. The third-order valence-electron chi connectivity index (χ3n) is 2.66. The van der Waals surface area contributed by atoms with Gasteiger partial charge in [0.1, 0.15) is 5.75 Å². The van der Waals surface area contributed by atoms with E-state index in [2.05, 4.69) is 5.32 Å². The standard InChI is InChI=1S/C13H19NO4/c1-9-4-3-5-11(18-2)12(9)13(17)14-7-6-10(16)8-15/h3-5,10,15-16H,6-8H2,1-2H3,(H,14,17). The van der Waals surface area contributed by atoms with Crippen LogP contribution in [0.2, 0.25) is 0 Å². The van der Waals surface area contributed by atoms with Gasteiger partial charge in [0.2, 0.25) is 0 Å². The van der Waals surface area contributed by atoms with Crippen LogP contribution in [0.4, 0.5) is 0 Å². The molecule has 0 saturated heterocycles. The number of aryl methyl sites for hydroxylation is 1. The number of rotatable bonds is 6. The topological polar surface area (TPSA) is 78.8 Å². The summed E-state index contributed by atoms with van der Waals surface area (Å²) in [6, 6.07) is 5.38. The van der Waals surface area contributed by atoms with E-state index in [1.807, 2.05) is 19.1 Å². The van der Waals surface area contributed by atoms with Crippen LogP contribution < -0.4 is 10.1 Å². The summed E-state index contributed by atoms with van der Waals surface area (Å²) in [6.07, 6.45) is -0.486. The highest BCUT2D eigenvalue weighted by Crippen LogP contribution is 2.21. The van der Waals surface area contributed by atoms with Crippen molar-refractivity contribution in [2.75, 3.05) is 20.3 Å². The Bertz CT molecular complexity index is 406. The molecule has 5 nitrogen and oxygen atoms in total. The minimum absolute atomic E-state index is 0.241. The first-order valence-corrected chi connectivity index (χ1v) is 5.80. The number of amides is 1. The normalized spacial score (nSPS) is 12.0. The van der Waals surface area contributed by atoms with Crippen LogP contribution in [0.3, 0.4) is 0 Å². The molecule has 1 amide bonds. The first-order valence-electron chi connectivity index (χ1n) is 5.80. The molecule has 0 aliphatic heterocycles. The number of nitrogens with one attached hydrogen (secondary N) is 1. The number of ether oxygens (including phenoxy) is 1. The summed E-state index contributed by atoms with van der Waals surface area (Å²) in [5, 5.41) is 20.5. The summed E-state index contributed by atoms with van der Waals surface area (Å²) in [5.74, 6) is 0.283. The van der Waals surface area contributed by atoms with Crippen molar-refractivity contribution in [3.05, 3.63) is 29.3 Å². The third kappa shape index (κ3) is 3.72. The minimum Gasteiger partial charge on any atom is -0.496 e. The molecule has 0 spiro atoms. The summed E-state index contributed by atoms with van der Waals surface area (Å²) < 4.78 is 5.15. The van der Waals surface area contributed by atoms with Gasteiger partial charge in [0.15, 0.2) is 0 Å². The molecule has 0 radical (unpaired) electrons. The van der Waals surface area contributed by atoms with E-state index in [0.29, 0.717) is 24.3 Å². The largest absolute Gasteiger partial charge is 0.496 e. The lowest BCUT2D eigenvalue weighted by atomic mass is 10.1. The number of hydrogen-bond acceptors (Lipinski definition) is 4. The Kier molecular flexibility index (Phi) is 5.61. The van der Waals surface area contributed by atoms with Crippen LogP contribution in [0.1, 0.15) is 22.3 Å². The van der Waals surface area contributed by atoms with Crippen molar-refractivity contribution >= 4 is 5.91 Å². The molecule has 1 aromatic carbocycles. The van der Waals surface area contributed by atoms with Crippen LogP contribution in [0.15, 0.2) is 18.2 Å².